The third-order valence-electron chi connectivity index (χ3n) is 2.89. The van der Waals surface area contributed by atoms with E-state index in [1.807, 2.05) is 18.3 Å². The summed E-state index contributed by atoms with van der Waals surface area (Å²) in [6.45, 7) is 8.18. The van der Waals surface area contributed by atoms with Crippen LogP contribution in [-0.4, -0.2) is 4.98 Å². The summed E-state index contributed by atoms with van der Waals surface area (Å²) >= 11 is 0. The van der Waals surface area contributed by atoms with Gasteiger partial charge in [0.1, 0.15) is 0 Å². The minimum absolute atomic E-state index is 0.566. The van der Waals surface area contributed by atoms with E-state index in [0.29, 0.717) is 5.92 Å². The highest BCUT2D eigenvalue weighted by Gasteiger charge is 2.02. The molecule has 0 saturated heterocycles. The van der Waals surface area contributed by atoms with Crippen molar-refractivity contribution in [3.8, 4) is 11.3 Å². The van der Waals surface area contributed by atoms with Crippen molar-refractivity contribution in [3.05, 3.63) is 60.3 Å². The van der Waals surface area contributed by atoms with Gasteiger partial charge in [0, 0.05) is 11.8 Å². The van der Waals surface area contributed by atoms with Crippen LogP contribution >= 0.6 is 0 Å². The van der Waals surface area contributed by atoms with Gasteiger partial charge in [0.15, 0.2) is 0 Å². The summed E-state index contributed by atoms with van der Waals surface area (Å²) in [5.74, 6) is 0.566. The fourth-order valence-electron chi connectivity index (χ4n) is 1.77. The lowest BCUT2D eigenvalue weighted by molar-refractivity contribution is 0.867. The Morgan fingerprint density at radius 1 is 1.12 bits per heavy atom. The van der Waals surface area contributed by atoms with Crippen LogP contribution in [-0.2, 0) is 0 Å². The van der Waals surface area contributed by atoms with Crippen molar-refractivity contribution in [1.29, 1.82) is 0 Å². The molecule has 1 heterocycles. The molecule has 0 fully saturated rings. The van der Waals surface area contributed by atoms with Gasteiger partial charge in [-0.25, -0.2) is 0 Å². The molecule has 0 bridgehead atoms. The topological polar surface area (TPSA) is 12.9 Å². The van der Waals surface area contributed by atoms with Crippen LogP contribution < -0.4 is 0 Å². The summed E-state index contributed by atoms with van der Waals surface area (Å²) in [5, 5.41) is 0. The van der Waals surface area contributed by atoms with E-state index in [4.69, 9.17) is 0 Å². The van der Waals surface area contributed by atoms with Crippen molar-refractivity contribution in [2.75, 3.05) is 0 Å². The highest BCUT2D eigenvalue weighted by molar-refractivity contribution is 5.63. The first-order chi connectivity index (χ1) is 8.20. The van der Waals surface area contributed by atoms with Gasteiger partial charge >= 0.3 is 0 Å². The molecular weight excluding hydrogens is 206 g/mol. The van der Waals surface area contributed by atoms with Gasteiger partial charge in [0.2, 0.25) is 0 Å². The molecule has 2 rings (SSSR count). The first-order valence-corrected chi connectivity index (χ1v) is 5.89. The summed E-state index contributed by atoms with van der Waals surface area (Å²) in [6.07, 6.45) is 3.66. The molecule has 0 aliphatic rings. The Bertz CT molecular complexity index is 509. The summed E-state index contributed by atoms with van der Waals surface area (Å²) < 4.78 is 0. The molecule has 0 aliphatic heterocycles. The van der Waals surface area contributed by atoms with Gasteiger partial charge < -0.3 is 0 Å². The second kappa shape index (κ2) is 4.96. The van der Waals surface area contributed by atoms with Crippen molar-refractivity contribution < 1.29 is 0 Å². The minimum Gasteiger partial charge on any atom is -0.256 e. The zero-order valence-corrected chi connectivity index (χ0v) is 10.4. The van der Waals surface area contributed by atoms with E-state index in [9.17, 15) is 0 Å². The van der Waals surface area contributed by atoms with E-state index in [-0.39, 0.29) is 0 Å². The third kappa shape index (κ3) is 2.62. The first-order valence-electron chi connectivity index (χ1n) is 5.89. The Balaban J connectivity index is 2.36. The molecule has 0 atom stereocenters. The molecule has 2 aromatic rings. The van der Waals surface area contributed by atoms with Gasteiger partial charge in [-0.2, -0.15) is 0 Å². The second-order valence-electron chi connectivity index (χ2n) is 4.46. The van der Waals surface area contributed by atoms with E-state index < -0.39 is 0 Å². The van der Waals surface area contributed by atoms with Crippen LogP contribution in [0.1, 0.15) is 30.9 Å². The molecule has 0 aliphatic carbocycles. The van der Waals surface area contributed by atoms with Crippen LogP contribution in [0.15, 0.2) is 49.2 Å². The average Bonchev–Trinajstić information content (AvgIpc) is 2.39. The lowest BCUT2D eigenvalue weighted by Crippen LogP contribution is -1.88. The predicted octanol–water partition coefficient (Wildman–Crippen LogP) is 4.52. The van der Waals surface area contributed by atoms with Crippen LogP contribution in [0.5, 0.6) is 0 Å². The first kappa shape index (κ1) is 11.6. The van der Waals surface area contributed by atoms with Gasteiger partial charge in [0.05, 0.1) is 5.69 Å². The zero-order chi connectivity index (χ0) is 12.3. The second-order valence-corrected chi connectivity index (χ2v) is 4.46. The highest BCUT2D eigenvalue weighted by atomic mass is 14.7. The van der Waals surface area contributed by atoms with E-state index >= 15 is 0 Å². The summed E-state index contributed by atoms with van der Waals surface area (Å²) in [7, 11) is 0. The van der Waals surface area contributed by atoms with Gasteiger partial charge in [-0.05, 0) is 29.2 Å². The number of hydrogen-bond donors (Lipinski definition) is 0. The monoisotopic (exact) mass is 223 g/mol. The summed E-state index contributed by atoms with van der Waals surface area (Å²) in [6, 6.07) is 12.6. The van der Waals surface area contributed by atoms with Gasteiger partial charge in [0.25, 0.3) is 0 Å². The maximum Gasteiger partial charge on any atom is 0.0707 e. The average molecular weight is 223 g/mol. The molecule has 0 saturated carbocycles. The van der Waals surface area contributed by atoms with Crippen molar-refractivity contribution in [3.63, 3.8) is 0 Å². The SMILES string of the molecule is C=Cc1ccnc(-c2ccc(C(C)C)cc2)c1. The van der Waals surface area contributed by atoms with Crippen LogP contribution in [0.3, 0.4) is 0 Å². The van der Waals surface area contributed by atoms with Crippen LogP contribution in [0, 0.1) is 0 Å². The van der Waals surface area contributed by atoms with E-state index in [1.54, 1.807) is 0 Å². The Labute approximate surface area is 103 Å². The molecule has 17 heavy (non-hydrogen) atoms. The molecule has 1 aromatic heterocycles. The lowest BCUT2D eigenvalue weighted by Gasteiger charge is -2.07. The molecule has 0 radical (unpaired) electrons. The number of benzene rings is 1. The van der Waals surface area contributed by atoms with Crippen molar-refractivity contribution in [2.45, 2.75) is 19.8 Å². The lowest BCUT2D eigenvalue weighted by atomic mass is 10.0. The normalized spacial score (nSPS) is 10.5. The Hall–Kier alpha value is -1.89. The molecule has 1 nitrogen and oxygen atoms in total. The Morgan fingerprint density at radius 2 is 1.82 bits per heavy atom. The number of aromatic nitrogens is 1. The van der Waals surface area contributed by atoms with Crippen molar-refractivity contribution in [2.24, 2.45) is 0 Å². The van der Waals surface area contributed by atoms with E-state index in [0.717, 1.165) is 16.8 Å². The minimum atomic E-state index is 0.566. The largest absolute Gasteiger partial charge is 0.256 e. The Morgan fingerprint density at radius 3 is 2.41 bits per heavy atom. The Kier molecular flexibility index (Phi) is 3.38. The quantitative estimate of drug-likeness (QED) is 0.745. The highest BCUT2D eigenvalue weighted by Crippen LogP contribution is 2.21. The third-order valence-corrected chi connectivity index (χ3v) is 2.89. The molecule has 0 amide bonds. The summed E-state index contributed by atoms with van der Waals surface area (Å²) in [5.41, 5.74) is 4.60. The fourth-order valence-corrected chi connectivity index (χ4v) is 1.77. The van der Waals surface area contributed by atoms with Gasteiger partial charge in [-0.15, -0.1) is 0 Å². The van der Waals surface area contributed by atoms with Crippen LogP contribution in [0.4, 0.5) is 0 Å². The molecule has 0 N–H and O–H groups in total. The van der Waals surface area contributed by atoms with E-state index in [2.05, 4.69) is 55.7 Å². The molecule has 1 aromatic carbocycles. The van der Waals surface area contributed by atoms with Crippen molar-refractivity contribution >= 4 is 6.08 Å². The smallest absolute Gasteiger partial charge is 0.0707 e. The zero-order valence-electron chi connectivity index (χ0n) is 10.4. The fraction of sp³-hybridized carbons (Fsp3) is 0.188. The molecule has 0 spiro atoms. The van der Waals surface area contributed by atoms with Crippen LogP contribution in [0.2, 0.25) is 0 Å². The molecule has 86 valence electrons. The van der Waals surface area contributed by atoms with Gasteiger partial charge in [-0.1, -0.05) is 50.8 Å². The maximum atomic E-state index is 4.38. The maximum absolute atomic E-state index is 4.38. The number of nitrogens with zero attached hydrogens (tertiary/aromatic N) is 1. The molecule has 0 unspecified atom stereocenters. The van der Waals surface area contributed by atoms with Crippen molar-refractivity contribution in [1.82, 2.24) is 4.98 Å². The number of pyridine rings is 1. The van der Waals surface area contributed by atoms with Crippen LogP contribution in [0.25, 0.3) is 17.3 Å². The van der Waals surface area contributed by atoms with Gasteiger partial charge in [-0.3, -0.25) is 4.98 Å². The standard InChI is InChI=1S/C16H17N/c1-4-13-9-10-17-16(11-13)15-7-5-14(6-8-15)12(2)3/h4-12H,1H2,2-3H3. The molecular formula is C16H17N. The predicted molar refractivity (Wildman–Crippen MR) is 73.9 cm³/mol. The number of hydrogen-bond acceptors (Lipinski definition) is 1. The van der Waals surface area contributed by atoms with E-state index in [1.165, 1.54) is 5.56 Å². The summed E-state index contributed by atoms with van der Waals surface area (Å²) in [4.78, 5) is 4.38. The number of rotatable bonds is 3. The molecule has 1 heteroatoms.